The molecule has 0 saturated heterocycles. The van der Waals surface area contributed by atoms with E-state index >= 15 is 0 Å². The molecule has 0 saturated carbocycles. The zero-order valence-corrected chi connectivity index (χ0v) is 52.6. The van der Waals surface area contributed by atoms with Crippen molar-refractivity contribution in [2.24, 2.45) is 11.7 Å². The number of aliphatic carboxylic acids is 1. The Morgan fingerprint density at radius 3 is 1.95 bits per heavy atom. The van der Waals surface area contributed by atoms with E-state index in [-0.39, 0.29) is 72.1 Å². The number of carbonyl (C=O) groups is 9. The van der Waals surface area contributed by atoms with Crippen molar-refractivity contribution >= 4 is 121 Å². The van der Waals surface area contributed by atoms with Crippen LogP contribution in [0.1, 0.15) is 117 Å². The van der Waals surface area contributed by atoms with Crippen LogP contribution in [0.25, 0.3) is 43.4 Å². The molecule has 10 rings (SSSR count). The van der Waals surface area contributed by atoms with Gasteiger partial charge in [-0.25, -0.2) is 39.7 Å². The highest BCUT2D eigenvalue weighted by molar-refractivity contribution is 7.15. The first-order valence-electron chi connectivity index (χ1n) is 27.0. The number of amides is 7. The van der Waals surface area contributed by atoms with Crippen molar-refractivity contribution < 1.29 is 58.5 Å². The van der Waals surface area contributed by atoms with Gasteiger partial charge in [0.25, 0.3) is 29.5 Å². The van der Waals surface area contributed by atoms with Crippen LogP contribution >= 0.6 is 68.0 Å². The molecule has 0 aliphatic carbocycles. The van der Waals surface area contributed by atoms with E-state index in [0.717, 1.165) is 56.7 Å². The lowest BCUT2D eigenvalue weighted by Crippen LogP contribution is -2.50. The van der Waals surface area contributed by atoms with Crippen LogP contribution < -0.4 is 37.6 Å². The van der Waals surface area contributed by atoms with Crippen molar-refractivity contribution in [1.82, 2.24) is 66.8 Å². The summed E-state index contributed by atoms with van der Waals surface area (Å²) in [4.78, 5) is 154. The Hall–Kier alpha value is -9.96. The average Bonchev–Trinajstić information content (AvgIpc) is 1.72. The van der Waals surface area contributed by atoms with Gasteiger partial charge in [0.15, 0.2) is 0 Å². The maximum absolute atomic E-state index is 14.8. The molecule has 1 aliphatic heterocycles. The van der Waals surface area contributed by atoms with E-state index < -0.39 is 101 Å². The third-order valence-corrected chi connectivity index (χ3v) is 19.4. The SMILES string of the molecule is C=C(NC(=O)C(=C)NC(=O)c1csc(-c2ccc3c(n2)-c2csc(n2)-c2csc(n2)[C@H]([C@@H](C)C(C)=O)NC(=O)[C@H](Cc2ccc(O)cc2)NC(=O)c2csc(n2)[C@H]([C@H](O)c2ccccc2)NC(=O)c2nc(sc2C)[C@H](CC(N)=O)NC(=O)c2csc-3n2)n1)C(=O)O. The molecule has 464 valence electrons. The number of carboxylic acids is 1. The predicted octanol–water partition coefficient (Wildman–Crippen LogP) is 6.75. The molecule has 0 unspecified atom stereocenters. The summed E-state index contributed by atoms with van der Waals surface area (Å²) in [6, 6.07) is 12.8. The number of nitrogens with zero attached hydrogens (tertiary/aromatic N) is 7. The van der Waals surface area contributed by atoms with Crippen molar-refractivity contribution in [1.29, 1.82) is 0 Å². The van der Waals surface area contributed by atoms with Crippen molar-refractivity contribution in [3.05, 3.63) is 172 Å². The Kier molecular flexibility index (Phi) is 19.3. The minimum atomic E-state index is -1.49. The number of nitrogens with two attached hydrogens (primary N) is 1. The van der Waals surface area contributed by atoms with Gasteiger partial charge in [0.2, 0.25) is 11.8 Å². The number of thiazole rings is 6. The van der Waals surface area contributed by atoms with E-state index in [2.05, 4.69) is 54.7 Å². The van der Waals surface area contributed by atoms with Crippen molar-refractivity contribution in [2.75, 3.05) is 0 Å². The zero-order chi connectivity index (χ0) is 64.9. The first-order chi connectivity index (χ1) is 43.5. The molecule has 2 aromatic carbocycles. The van der Waals surface area contributed by atoms with Crippen LogP contribution in [0.15, 0.2) is 118 Å². The number of aromatic hydroxyl groups is 1. The van der Waals surface area contributed by atoms with Crippen LogP contribution in [-0.2, 0) is 30.4 Å². The van der Waals surface area contributed by atoms with Gasteiger partial charge in [0, 0.05) is 49.7 Å². The number of ketones is 1. The average molecular weight is 1340 g/mol. The molecule has 7 amide bonds. The highest BCUT2D eigenvalue weighted by Gasteiger charge is 2.35. The molecular formula is C59H50N14O12S6. The number of aromatic nitrogens is 7. The summed E-state index contributed by atoms with van der Waals surface area (Å²) in [6.07, 6.45) is -1.99. The number of aliphatic hydroxyl groups is 1. The molecule has 26 nitrogen and oxygen atoms in total. The number of carbonyl (C=O) groups excluding carboxylic acids is 8. The lowest BCUT2D eigenvalue weighted by molar-refractivity contribution is -0.134. The number of rotatable bonds is 14. The number of primary amides is 1. The summed E-state index contributed by atoms with van der Waals surface area (Å²) >= 11 is 6.38. The van der Waals surface area contributed by atoms with Crippen LogP contribution in [0.3, 0.4) is 0 Å². The number of hydrogen-bond acceptors (Lipinski definition) is 24. The zero-order valence-electron chi connectivity index (χ0n) is 47.7. The van der Waals surface area contributed by atoms with Gasteiger partial charge in [-0.05, 0) is 49.2 Å². The summed E-state index contributed by atoms with van der Waals surface area (Å²) in [5.74, 6) is -8.42. The molecule has 0 spiro atoms. The molecule has 0 radical (unpaired) electrons. The highest BCUT2D eigenvalue weighted by atomic mass is 32.1. The summed E-state index contributed by atoms with van der Waals surface area (Å²) in [5, 5.41) is 56.0. The van der Waals surface area contributed by atoms with Gasteiger partial charge < -0.3 is 53.0 Å². The highest BCUT2D eigenvalue weighted by Crippen LogP contribution is 2.40. The second-order valence-electron chi connectivity index (χ2n) is 20.3. The van der Waals surface area contributed by atoms with E-state index in [1.807, 2.05) is 5.32 Å². The standard InChI is InChI=1S/C59H50N14O12S6/c1-24(27(4)74)42-57-70-40(23-90-57)55-66-36(19-87-55)44-32(15-16-33(63-44)54-68-37(21-88-54)49(80)61-25(2)47(78)62-26(3)59(84)85)53-67-38(20-86-53)51(82)65-35(18-41(60)76)56-73-43(28(5)91-56)52(83)72-45(46(77)30-9-7-6-8-10-30)58-69-39(22-89-58)50(81)64-34(48(79)71-42)17-29-11-13-31(75)14-12-29/h6-16,19-24,34-35,42,45-46,75,77H,2-3,17-18H2,1,4-5H3,(H2,60,76)(H,61,80)(H,62,78)(H,64,81)(H,65,82)(H,71,79)(H,72,83)(H,84,85)/t24-,34-,35-,42-,45-,46+/m0/s1. The van der Waals surface area contributed by atoms with E-state index in [4.69, 9.17) is 30.8 Å². The quantitative estimate of drug-likeness (QED) is 0.0503. The first kappa shape index (κ1) is 64.0. The number of nitrogens with one attached hydrogen (secondary N) is 6. The minimum Gasteiger partial charge on any atom is -0.508 e. The number of phenols is 1. The Morgan fingerprint density at radius 2 is 1.24 bits per heavy atom. The number of Topliss-reactive ketones (excluding diaryl/α,β-unsaturated/α-hetero) is 1. The lowest BCUT2D eigenvalue weighted by Gasteiger charge is -2.25. The largest absolute Gasteiger partial charge is 0.508 e. The van der Waals surface area contributed by atoms with E-state index in [1.54, 1.807) is 79.2 Å². The van der Waals surface area contributed by atoms with Gasteiger partial charge in [0.05, 0.1) is 29.9 Å². The normalized spacial score (nSPS) is 16.8. The summed E-state index contributed by atoms with van der Waals surface area (Å²) in [5.41, 5.74) is 6.49. The fourth-order valence-corrected chi connectivity index (χ4v) is 14.2. The second-order valence-corrected chi connectivity index (χ2v) is 25.8. The second kappa shape index (κ2) is 27.4. The molecule has 8 heterocycles. The maximum Gasteiger partial charge on any atom is 0.351 e. The molecule has 7 aromatic heterocycles. The van der Waals surface area contributed by atoms with Gasteiger partial charge in [-0.3, -0.25) is 38.4 Å². The molecule has 0 fully saturated rings. The molecule has 91 heavy (non-hydrogen) atoms. The van der Waals surface area contributed by atoms with Gasteiger partial charge >= 0.3 is 5.97 Å². The van der Waals surface area contributed by atoms with Crippen LogP contribution in [0.2, 0.25) is 0 Å². The summed E-state index contributed by atoms with van der Waals surface area (Å²) < 4.78 is 0. The Morgan fingerprint density at radius 1 is 0.626 bits per heavy atom. The third kappa shape index (κ3) is 14.7. The Balaban J connectivity index is 1.05. The molecule has 1 aliphatic rings. The number of phenolic OH excluding ortho intramolecular Hbond substituents is 1. The minimum absolute atomic E-state index is 0.0398. The smallest absolute Gasteiger partial charge is 0.351 e. The molecule has 9 aromatic rings. The van der Waals surface area contributed by atoms with Crippen molar-refractivity contribution in [2.45, 2.75) is 63.9 Å². The van der Waals surface area contributed by atoms with Crippen LogP contribution in [0.5, 0.6) is 5.75 Å². The molecule has 10 bridgehead atoms. The van der Waals surface area contributed by atoms with E-state index in [1.165, 1.54) is 46.5 Å². The van der Waals surface area contributed by atoms with Gasteiger partial charge in [-0.2, -0.15) is 0 Å². The van der Waals surface area contributed by atoms with E-state index in [9.17, 15) is 53.4 Å². The first-order valence-corrected chi connectivity index (χ1v) is 32.2. The summed E-state index contributed by atoms with van der Waals surface area (Å²) in [6.45, 7) is 11.3. The Labute approximate surface area is 539 Å². The molecule has 6 atom stereocenters. The van der Waals surface area contributed by atoms with E-state index in [0.29, 0.717) is 43.0 Å². The van der Waals surface area contributed by atoms with Gasteiger partial charge in [0.1, 0.15) is 105 Å². The molecule has 11 N–H and O–H groups in total. The fourth-order valence-electron chi connectivity index (χ4n) is 8.97. The number of fused-ring (bicyclic) bond motifs is 14. The predicted molar refractivity (Wildman–Crippen MR) is 339 cm³/mol. The topological polar surface area (TPSA) is 403 Å². The van der Waals surface area contributed by atoms with Gasteiger partial charge in [-0.1, -0.05) is 62.5 Å². The number of aliphatic hydroxyl groups excluding tert-OH is 1. The van der Waals surface area contributed by atoms with Crippen molar-refractivity contribution in [3.63, 3.8) is 0 Å². The molecular weight excluding hydrogens is 1290 g/mol. The Bertz CT molecular complexity index is 4380. The lowest BCUT2D eigenvalue weighted by atomic mass is 9.97. The van der Waals surface area contributed by atoms with Crippen LogP contribution in [-0.4, -0.2) is 109 Å². The monoisotopic (exact) mass is 1340 g/mol. The number of carboxylic acid groups (broad SMARTS) is 1. The number of benzene rings is 2. The van der Waals surface area contributed by atoms with Crippen molar-refractivity contribution in [3.8, 4) is 49.1 Å². The number of hydrogen-bond donors (Lipinski definition) is 10. The summed E-state index contributed by atoms with van der Waals surface area (Å²) in [7, 11) is 0. The third-order valence-electron chi connectivity index (χ3n) is 13.9. The fraction of sp³-hybridized carbons (Fsp3) is 0.186. The van der Waals surface area contributed by atoms with Gasteiger partial charge in [-0.15, -0.1) is 68.0 Å². The van der Waals surface area contributed by atoms with Crippen LogP contribution in [0, 0.1) is 12.8 Å². The molecule has 32 heteroatoms. The number of pyridine rings is 1. The van der Waals surface area contributed by atoms with Crippen LogP contribution in [0.4, 0.5) is 0 Å². The maximum atomic E-state index is 14.8. The number of aryl methyl sites for hydroxylation is 1.